The Hall–Kier alpha value is -4.65. The summed E-state index contributed by atoms with van der Waals surface area (Å²) in [5, 5.41) is 10.6. The molecule has 0 aliphatic carbocycles. The van der Waals surface area contributed by atoms with Crippen molar-refractivity contribution in [3.05, 3.63) is 102 Å². The molecule has 0 bridgehead atoms. The Morgan fingerprint density at radius 1 is 0.706 bits per heavy atom. The molecule has 1 amide bonds. The molecule has 0 aliphatic heterocycles. The van der Waals surface area contributed by atoms with E-state index in [1.807, 2.05) is 67.6 Å². The fourth-order valence-corrected chi connectivity index (χ4v) is 3.47. The molecule has 2 heterocycles. The Morgan fingerprint density at radius 3 is 1.79 bits per heavy atom. The molecule has 7 heteroatoms. The number of carbonyl (C=O) groups is 1. The molecule has 0 atom stereocenters. The molecule has 0 unspecified atom stereocenters. The van der Waals surface area contributed by atoms with Crippen LogP contribution in [0.4, 0.5) is 5.69 Å². The molecule has 5 rings (SSSR count). The standard InChI is InChI=1S/C27H22N4O3/c1-17(25-15-20-7-3-5-9-23(20)33-25)28-30-22-13-11-19(12-14-22)27(32)31-29-18(2)26-16-21-8-4-6-10-24(21)34-26/h3-16,30H,1-2H3,(H,31,32)/b28-17-,29-18-. The Kier molecular flexibility index (Phi) is 5.66. The third kappa shape index (κ3) is 4.45. The molecule has 2 aromatic heterocycles. The Labute approximate surface area is 195 Å². The fourth-order valence-electron chi connectivity index (χ4n) is 3.47. The van der Waals surface area contributed by atoms with Gasteiger partial charge in [-0.25, -0.2) is 5.43 Å². The van der Waals surface area contributed by atoms with Crippen LogP contribution in [0.15, 0.2) is 104 Å². The summed E-state index contributed by atoms with van der Waals surface area (Å²) in [6.07, 6.45) is 0. The number of benzene rings is 3. The lowest BCUT2D eigenvalue weighted by Gasteiger charge is -2.04. The molecule has 168 valence electrons. The quantitative estimate of drug-likeness (QED) is 0.239. The highest BCUT2D eigenvalue weighted by molar-refractivity contribution is 6.02. The highest BCUT2D eigenvalue weighted by Gasteiger charge is 2.09. The molecule has 0 aliphatic rings. The van der Waals surface area contributed by atoms with Gasteiger partial charge in [0.15, 0.2) is 11.5 Å². The smallest absolute Gasteiger partial charge is 0.271 e. The van der Waals surface area contributed by atoms with Gasteiger partial charge in [0.05, 0.1) is 5.69 Å². The molecule has 0 saturated heterocycles. The van der Waals surface area contributed by atoms with Crippen LogP contribution >= 0.6 is 0 Å². The summed E-state index contributed by atoms with van der Waals surface area (Å²) in [7, 11) is 0. The summed E-state index contributed by atoms with van der Waals surface area (Å²) in [5.74, 6) is 0.991. The molecular weight excluding hydrogens is 428 g/mol. The first-order valence-electron chi connectivity index (χ1n) is 10.8. The first-order chi connectivity index (χ1) is 16.6. The number of para-hydroxylation sites is 2. The number of rotatable bonds is 6. The lowest BCUT2D eigenvalue weighted by Crippen LogP contribution is -2.19. The fraction of sp³-hybridized carbons (Fsp3) is 0.0741. The van der Waals surface area contributed by atoms with E-state index >= 15 is 0 Å². The molecule has 2 N–H and O–H groups in total. The summed E-state index contributed by atoms with van der Waals surface area (Å²) in [6.45, 7) is 3.65. The predicted molar refractivity (Wildman–Crippen MR) is 134 cm³/mol. The number of nitrogens with one attached hydrogen (secondary N) is 2. The van der Waals surface area contributed by atoms with E-state index in [1.54, 1.807) is 31.2 Å². The van der Waals surface area contributed by atoms with E-state index in [4.69, 9.17) is 8.83 Å². The molecular formula is C27H22N4O3. The van der Waals surface area contributed by atoms with Crippen molar-refractivity contribution < 1.29 is 13.6 Å². The Bertz CT molecular complexity index is 1480. The van der Waals surface area contributed by atoms with Gasteiger partial charge in [-0.3, -0.25) is 10.2 Å². The molecule has 0 saturated carbocycles. The van der Waals surface area contributed by atoms with E-state index < -0.39 is 0 Å². The molecule has 0 fully saturated rings. The van der Waals surface area contributed by atoms with Gasteiger partial charge in [-0.1, -0.05) is 36.4 Å². The van der Waals surface area contributed by atoms with Crippen molar-refractivity contribution in [1.29, 1.82) is 0 Å². The van der Waals surface area contributed by atoms with Gasteiger partial charge in [0.25, 0.3) is 5.91 Å². The normalized spacial score (nSPS) is 12.3. The summed E-state index contributed by atoms with van der Waals surface area (Å²) < 4.78 is 11.6. The topological polar surface area (TPSA) is 92.1 Å². The van der Waals surface area contributed by atoms with E-state index in [0.717, 1.165) is 27.6 Å². The number of carbonyl (C=O) groups excluding carboxylic acids is 1. The van der Waals surface area contributed by atoms with Gasteiger partial charge in [-0.05, 0) is 62.4 Å². The van der Waals surface area contributed by atoms with Gasteiger partial charge in [-0.15, -0.1) is 0 Å². The number of hydrogen-bond acceptors (Lipinski definition) is 6. The molecule has 0 radical (unpaired) electrons. The number of furan rings is 2. The number of hydrazone groups is 2. The minimum atomic E-state index is -0.316. The van der Waals surface area contributed by atoms with Crippen LogP contribution < -0.4 is 10.9 Å². The van der Waals surface area contributed by atoms with E-state index in [1.165, 1.54) is 0 Å². The Balaban J connectivity index is 1.22. The first-order valence-corrected chi connectivity index (χ1v) is 10.8. The summed E-state index contributed by atoms with van der Waals surface area (Å²) >= 11 is 0. The molecule has 3 aromatic carbocycles. The second-order valence-electron chi connectivity index (χ2n) is 7.82. The van der Waals surface area contributed by atoms with Gasteiger partial charge >= 0.3 is 0 Å². The maximum Gasteiger partial charge on any atom is 0.271 e. The van der Waals surface area contributed by atoms with Gasteiger partial charge in [-0.2, -0.15) is 10.2 Å². The SMILES string of the molecule is C/C(=N/NC(=O)c1ccc(N/N=C(/C)c2cc3ccccc3o2)cc1)c1cc2ccccc2o1. The second kappa shape index (κ2) is 9.07. The monoisotopic (exact) mass is 450 g/mol. The summed E-state index contributed by atoms with van der Waals surface area (Å²) in [4.78, 5) is 12.5. The minimum absolute atomic E-state index is 0.316. The molecule has 7 nitrogen and oxygen atoms in total. The van der Waals surface area contributed by atoms with Crippen LogP contribution in [0.5, 0.6) is 0 Å². The van der Waals surface area contributed by atoms with Gasteiger partial charge in [0, 0.05) is 16.3 Å². The average molecular weight is 450 g/mol. The van der Waals surface area contributed by atoms with Crippen LogP contribution in [0.25, 0.3) is 21.9 Å². The third-order valence-corrected chi connectivity index (χ3v) is 5.39. The molecule has 0 spiro atoms. The molecule has 5 aromatic rings. The zero-order valence-electron chi connectivity index (χ0n) is 18.7. The van der Waals surface area contributed by atoms with Crippen molar-refractivity contribution in [3.63, 3.8) is 0 Å². The lowest BCUT2D eigenvalue weighted by atomic mass is 10.2. The van der Waals surface area contributed by atoms with Crippen LogP contribution in [0.1, 0.15) is 35.7 Å². The van der Waals surface area contributed by atoms with Crippen LogP contribution in [0.2, 0.25) is 0 Å². The minimum Gasteiger partial charge on any atom is -0.455 e. The van der Waals surface area contributed by atoms with Crippen molar-refractivity contribution in [2.24, 2.45) is 10.2 Å². The van der Waals surface area contributed by atoms with Crippen LogP contribution in [-0.4, -0.2) is 17.3 Å². The van der Waals surface area contributed by atoms with E-state index in [0.29, 0.717) is 28.5 Å². The van der Waals surface area contributed by atoms with Crippen LogP contribution in [0.3, 0.4) is 0 Å². The largest absolute Gasteiger partial charge is 0.455 e. The average Bonchev–Trinajstić information content (AvgIpc) is 3.50. The highest BCUT2D eigenvalue weighted by atomic mass is 16.3. The third-order valence-electron chi connectivity index (χ3n) is 5.39. The predicted octanol–water partition coefficient (Wildman–Crippen LogP) is 6.17. The van der Waals surface area contributed by atoms with Crippen molar-refractivity contribution >= 4 is 45.0 Å². The number of fused-ring (bicyclic) bond motifs is 2. The number of amides is 1. The van der Waals surface area contributed by atoms with Crippen LogP contribution in [-0.2, 0) is 0 Å². The van der Waals surface area contributed by atoms with E-state index in [9.17, 15) is 4.79 Å². The van der Waals surface area contributed by atoms with Crippen LogP contribution in [0, 0.1) is 0 Å². The first kappa shape index (κ1) is 21.2. The van der Waals surface area contributed by atoms with Crippen molar-refractivity contribution in [2.75, 3.05) is 5.43 Å². The van der Waals surface area contributed by atoms with E-state index in [-0.39, 0.29) is 5.91 Å². The number of hydrogen-bond donors (Lipinski definition) is 2. The maximum absolute atomic E-state index is 12.5. The second-order valence-corrected chi connectivity index (χ2v) is 7.82. The number of anilines is 1. The summed E-state index contributed by atoms with van der Waals surface area (Å²) in [5.41, 5.74) is 9.68. The molecule has 34 heavy (non-hydrogen) atoms. The van der Waals surface area contributed by atoms with Gasteiger partial charge in [0.1, 0.15) is 22.6 Å². The van der Waals surface area contributed by atoms with Crippen molar-refractivity contribution in [3.8, 4) is 0 Å². The van der Waals surface area contributed by atoms with Crippen molar-refractivity contribution in [2.45, 2.75) is 13.8 Å². The van der Waals surface area contributed by atoms with Gasteiger partial charge < -0.3 is 8.83 Å². The van der Waals surface area contributed by atoms with Crippen molar-refractivity contribution in [1.82, 2.24) is 5.43 Å². The summed E-state index contributed by atoms with van der Waals surface area (Å²) in [6, 6.07) is 26.3. The zero-order chi connectivity index (χ0) is 23.5. The lowest BCUT2D eigenvalue weighted by molar-refractivity contribution is 0.0955. The number of nitrogens with zero attached hydrogens (tertiary/aromatic N) is 2. The maximum atomic E-state index is 12.5. The highest BCUT2D eigenvalue weighted by Crippen LogP contribution is 2.20. The Morgan fingerprint density at radius 2 is 1.24 bits per heavy atom. The van der Waals surface area contributed by atoms with Gasteiger partial charge in [0.2, 0.25) is 0 Å². The van der Waals surface area contributed by atoms with E-state index in [2.05, 4.69) is 21.1 Å². The zero-order valence-corrected chi connectivity index (χ0v) is 18.7.